The SMILES string of the molecule is C=Cc1c([C@@H](C)N(C(=O)[C@@H]2CCN(C(=O)OC(C)(C)C)C2)C2CC2)nn(CCCCOC)c1/C=C\C. The molecule has 2 atom stereocenters. The molecule has 0 radical (unpaired) electrons. The lowest BCUT2D eigenvalue weighted by molar-refractivity contribution is -0.138. The Hall–Kier alpha value is -2.61. The third-order valence-corrected chi connectivity index (χ3v) is 6.75. The Morgan fingerprint density at radius 3 is 2.56 bits per heavy atom. The molecule has 0 spiro atoms. The van der Waals surface area contributed by atoms with Crippen molar-refractivity contribution in [3.63, 3.8) is 0 Å². The molecule has 0 N–H and O–H groups in total. The normalized spacial score (nSPS) is 19.1. The van der Waals surface area contributed by atoms with Crippen LogP contribution < -0.4 is 0 Å². The third-order valence-electron chi connectivity index (χ3n) is 6.75. The Kier molecular flexibility index (Phi) is 9.39. The van der Waals surface area contributed by atoms with E-state index in [0.717, 1.165) is 55.8 Å². The van der Waals surface area contributed by atoms with E-state index < -0.39 is 5.60 Å². The second-order valence-electron chi connectivity index (χ2n) is 10.9. The summed E-state index contributed by atoms with van der Waals surface area (Å²) in [6.45, 7) is 16.2. The number of hydrogen-bond acceptors (Lipinski definition) is 5. The van der Waals surface area contributed by atoms with Crippen LogP contribution in [0, 0.1) is 5.92 Å². The highest BCUT2D eigenvalue weighted by Gasteiger charge is 2.43. The standard InChI is InChI=1S/C28H44N4O4/c1-8-12-24-23(9-2)25(29-31(24)16-10-11-18-35-7)20(3)32(22-13-14-22)26(33)21-15-17-30(19-21)27(34)36-28(4,5)6/h8-9,12,20-22H,2,10-11,13-19H2,1,3-7H3/b12-8-/t20-,21-/m1/s1. The van der Waals surface area contributed by atoms with Crippen LogP contribution in [0.1, 0.15) is 89.7 Å². The van der Waals surface area contributed by atoms with Crippen molar-refractivity contribution in [3.05, 3.63) is 29.6 Å². The van der Waals surface area contributed by atoms with E-state index in [1.165, 1.54) is 0 Å². The number of nitrogens with zero attached hydrogens (tertiary/aromatic N) is 4. The zero-order valence-corrected chi connectivity index (χ0v) is 23.0. The van der Waals surface area contributed by atoms with Crippen molar-refractivity contribution in [3.8, 4) is 0 Å². The first-order chi connectivity index (χ1) is 17.1. The number of amides is 2. The Bertz CT molecular complexity index is 957. The van der Waals surface area contributed by atoms with Gasteiger partial charge in [0.05, 0.1) is 23.3 Å². The number of carbonyl (C=O) groups excluding carboxylic acids is 2. The predicted octanol–water partition coefficient (Wildman–Crippen LogP) is 5.29. The Balaban J connectivity index is 1.80. The number of hydrogen-bond donors (Lipinski definition) is 0. The molecule has 2 fully saturated rings. The molecule has 2 heterocycles. The summed E-state index contributed by atoms with van der Waals surface area (Å²) in [5.74, 6) is -0.118. The first-order valence-electron chi connectivity index (χ1n) is 13.3. The van der Waals surface area contributed by atoms with Gasteiger partial charge in [0, 0.05) is 45.0 Å². The maximum absolute atomic E-state index is 13.8. The molecule has 2 amide bonds. The molecular weight excluding hydrogens is 456 g/mol. The fourth-order valence-corrected chi connectivity index (χ4v) is 4.87. The van der Waals surface area contributed by atoms with Gasteiger partial charge in [-0.05, 0) is 72.8 Å². The molecule has 200 valence electrons. The van der Waals surface area contributed by atoms with Gasteiger partial charge >= 0.3 is 6.09 Å². The highest BCUT2D eigenvalue weighted by Crippen LogP contribution is 2.38. The van der Waals surface area contributed by atoms with E-state index in [1.54, 1.807) is 12.0 Å². The lowest BCUT2D eigenvalue weighted by Crippen LogP contribution is -2.42. The minimum atomic E-state index is -0.554. The second-order valence-corrected chi connectivity index (χ2v) is 10.9. The molecular formula is C28H44N4O4. The van der Waals surface area contributed by atoms with Crippen LogP contribution in [0.5, 0.6) is 0 Å². The molecule has 1 aromatic rings. The zero-order chi connectivity index (χ0) is 26.5. The van der Waals surface area contributed by atoms with Gasteiger partial charge in [-0.2, -0.15) is 5.10 Å². The topological polar surface area (TPSA) is 76.9 Å². The van der Waals surface area contributed by atoms with Crippen LogP contribution in [0.2, 0.25) is 0 Å². The average molecular weight is 501 g/mol. The van der Waals surface area contributed by atoms with E-state index in [2.05, 4.69) is 19.6 Å². The lowest BCUT2D eigenvalue weighted by Gasteiger charge is -2.31. The fourth-order valence-electron chi connectivity index (χ4n) is 4.87. The van der Waals surface area contributed by atoms with Gasteiger partial charge in [-0.15, -0.1) is 0 Å². The summed E-state index contributed by atoms with van der Waals surface area (Å²) in [4.78, 5) is 30.1. The van der Waals surface area contributed by atoms with E-state index in [0.29, 0.717) is 19.5 Å². The summed E-state index contributed by atoms with van der Waals surface area (Å²) >= 11 is 0. The summed E-state index contributed by atoms with van der Waals surface area (Å²) in [5.41, 5.74) is 2.33. The molecule has 8 nitrogen and oxygen atoms in total. The van der Waals surface area contributed by atoms with Crippen LogP contribution in [0.15, 0.2) is 12.7 Å². The Morgan fingerprint density at radius 2 is 1.97 bits per heavy atom. The van der Waals surface area contributed by atoms with Gasteiger partial charge in [-0.1, -0.05) is 18.7 Å². The van der Waals surface area contributed by atoms with Crippen molar-refractivity contribution in [2.45, 2.75) is 91.0 Å². The Labute approximate surface area is 216 Å². The summed E-state index contributed by atoms with van der Waals surface area (Å²) in [6, 6.07) is 0.0376. The first-order valence-corrected chi connectivity index (χ1v) is 13.3. The molecule has 36 heavy (non-hydrogen) atoms. The van der Waals surface area contributed by atoms with Crippen molar-refractivity contribution < 1.29 is 19.1 Å². The molecule has 0 aromatic carbocycles. The van der Waals surface area contributed by atoms with Crippen molar-refractivity contribution in [1.29, 1.82) is 0 Å². The Morgan fingerprint density at radius 1 is 1.25 bits per heavy atom. The number of methoxy groups -OCH3 is 1. The number of aryl methyl sites for hydroxylation is 1. The molecule has 2 aliphatic rings. The van der Waals surface area contributed by atoms with Crippen molar-refractivity contribution in [1.82, 2.24) is 19.6 Å². The number of likely N-dealkylation sites (tertiary alicyclic amines) is 1. The molecule has 8 heteroatoms. The van der Waals surface area contributed by atoms with Gasteiger partial charge in [-0.25, -0.2) is 4.79 Å². The van der Waals surface area contributed by atoms with E-state index in [9.17, 15) is 9.59 Å². The minimum absolute atomic E-state index is 0.105. The average Bonchev–Trinajstić information content (AvgIpc) is 3.40. The van der Waals surface area contributed by atoms with Gasteiger partial charge in [0.25, 0.3) is 0 Å². The molecule has 0 bridgehead atoms. The zero-order valence-electron chi connectivity index (χ0n) is 23.0. The molecule has 1 saturated heterocycles. The second kappa shape index (κ2) is 12.1. The minimum Gasteiger partial charge on any atom is -0.444 e. The molecule has 3 rings (SSSR count). The third kappa shape index (κ3) is 6.78. The van der Waals surface area contributed by atoms with Crippen LogP contribution in [-0.2, 0) is 20.8 Å². The summed E-state index contributed by atoms with van der Waals surface area (Å²) in [7, 11) is 1.72. The number of allylic oxidation sites excluding steroid dienone is 1. The van der Waals surface area contributed by atoms with E-state index in [4.69, 9.17) is 14.6 Å². The van der Waals surface area contributed by atoms with Crippen molar-refractivity contribution in [2.24, 2.45) is 5.92 Å². The number of aromatic nitrogens is 2. The number of carbonyl (C=O) groups is 2. The summed E-state index contributed by atoms with van der Waals surface area (Å²) < 4.78 is 12.8. The van der Waals surface area contributed by atoms with Gasteiger partial charge in [0.1, 0.15) is 5.60 Å². The van der Waals surface area contributed by atoms with Crippen LogP contribution in [0.25, 0.3) is 12.2 Å². The molecule has 1 aliphatic heterocycles. The van der Waals surface area contributed by atoms with E-state index in [1.807, 2.05) is 49.4 Å². The van der Waals surface area contributed by atoms with Crippen LogP contribution in [0.3, 0.4) is 0 Å². The van der Waals surface area contributed by atoms with Gasteiger partial charge in [-0.3, -0.25) is 9.48 Å². The smallest absolute Gasteiger partial charge is 0.410 e. The quantitative estimate of drug-likeness (QED) is 0.386. The highest BCUT2D eigenvalue weighted by atomic mass is 16.6. The van der Waals surface area contributed by atoms with Gasteiger partial charge < -0.3 is 19.3 Å². The largest absolute Gasteiger partial charge is 0.444 e. The molecule has 1 saturated carbocycles. The molecule has 0 unspecified atom stereocenters. The number of unbranched alkanes of at least 4 members (excludes halogenated alkanes) is 1. The summed E-state index contributed by atoms with van der Waals surface area (Å²) in [5, 5.41) is 5.00. The maximum atomic E-state index is 13.8. The van der Waals surface area contributed by atoms with Crippen molar-refractivity contribution >= 4 is 24.2 Å². The van der Waals surface area contributed by atoms with E-state index in [-0.39, 0.29) is 30.0 Å². The summed E-state index contributed by atoms with van der Waals surface area (Å²) in [6.07, 6.45) is 10.2. The fraction of sp³-hybridized carbons (Fsp3) is 0.679. The molecule has 1 aromatic heterocycles. The number of ether oxygens (including phenoxy) is 2. The predicted molar refractivity (Wildman–Crippen MR) is 142 cm³/mol. The lowest BCUT2D eigenvalue weighted by atomic mass is 10.0. The monoisotopic (exact) mass is 500 g/mol. The number of rotatable bonds is 11. The van der Waals surface area contributed by atoms with Gasteiger partial charge in [0.2, 0.25) is 5.91 Å². The highest BCUT2D eigenvalue weighted by molar-refractivity contribution is 5.82. The first kappa shape index (κ1) is 28.0. The van der Waals surface area contributed by atoms with Crippen LogP contribution >= 0.6 is 0 Å². The molecule has 1 aliphatic carbocycles. The van der Waals surface area contributed by atoms with Crippen molar-refractivity contribution in [2.75, 3.05) is 26.8 Å². The van der Waals surface area contributed by atoms with Crippen LogP contribution in [0.4, 0.5) is 4.79 Å². The van der Waals surface area contributed by atoms with Crippen LogP contribution in [-0.4, -0.2) is 70.0 Å². The maximum Gasteiger partial charge on any atom is 0.410 e. The van der Waals surface area contributed by atoms with E-state index >= 15 is 0 Å². The van der Waals surface area contributed by atoms with Gasteiger partial charge in [0.15, 0.2) is 0 Å².